The van der Waals surface area contributed by atoms with Gasteiger partial charge in [0.15, 0.2) is 0 Å². The molecule has 1 amide bonds. The average molecular weight is 204 g/mol. The number of halogens is 2. The van der Waals surface area contributed by atoms with E-state index in [1.807, 2.05) is 0 Å². The second-order valence-electron chi connectivity index (χ2n) is 4.15. The van der Waals surface area contributed by atoms with Crippen LogP contribution in [0.2, 0.25) is 0 Å². The first kappa shape index (κ1) is 9.83. The van der Waals surface area contributed by atoms with E-state index < -0.39 is 5.92 Å². The SMILES string of the molecule is CC(=O)N1CC(N2CCC(F)(F)C2)C1. The zero-order chi connectivity index (χ0) is 10.3. The number of nitrogens with zero attached hydrogens (tertiary/aromatic N) is 2. The van der Waals surface area contributed by atoms with Crippen molar-refractivity contribution in [3.05, 3.63) is 0 Å². The lowest BCUT2D eigenvalue weighted by atomic mass is 10.1. The predicted molar refractivity (Wildman–Crippen MR) is 47.2 cm³/mol. The highest BCUT2D eigenvalue weighted by Gasteiger charge is 2.44. The summed E-state index contributed by atoms with van der Waals surface area (Å²) in [6, 6.07) is 0.160. The molecule has 0 aromatic rings. The first-order valence-electron chi connectivity index (χ1n) is 4.85. The summed E-state index contributed by atoms with van der Waals surface area (Å²) >= 11 is 0. The molecule has 0 spiro atoms. The number of amides is 1. The molecule has 80 valence electrons. The maximum absolute atomic E-state index is 12.8. The van der Waals surface area contributed by atoms with Crippen molar-refractivity contribution in [2.45, 2.75) is 25.3 Å². The highest BCUT2D eigenvalue weighted by Crippen LogP contribution is 2.30. The lowest BCUT2D eigenvalue weighted by Gasteiger charge is -2.43. The molecule has 2 aliphatic rings. The van der Waals surface area contributed by atoms with E-state index in [2.05, 4.69) is 0 Å². The van der Waals surface area contributed by atoms with Crippen LogP contribution in [0, 0.1) is 0 Å². The van der Waals surface area contributed by atoms with Crippen LogP contribution in [0.1, 0.15) is 13.3 Å². The van der Waals surface area contributed by atoms with Crippen LogP contribution in [0.15, 0.2) is 0 Å². The summed E-state index contributed by atoms with van der Waals surface area (Å²) in [5, 5.41) is 0. The molecule has 2 aliphatic heterocycles. The van der Waals surface area contributed by atoms with E-state index in [4.69, 9.17) is 0 Å². The van der Waals surface area contributed by atoms with Crippen molar-refractivity contribution in [1.29, 1.82) is 0 Å². The van der Waals surface area contributed by atoms with E-state index in [1.54, 1.807) is 9.80 Å². The minimum Gasteiger partial charge on any atom is -0.340 e. The molecule has 2 saturated heterocycles. The zero-order valence-electron chi connectivity index (χ0n) is 8.17. The van der Waals surface area contributed by atoms with E-state index >= 15 is 0 Å². The molecule has 0 radical (unpaired) electrons. The molecular weight excluding hydrogens is 190 g/mol. The van der Waals surface area contributed by atoms with Crippen molar-refractivity contribution >= 4 is 5.91 Å². The molecule has 3 nitrogen and oxygen atoms in total. The van der Waals surface area contributed by atoms with Crippen LogP contribution in [0.25, 0.3) is 0 Å². The zero-order valence-corrected chi connectivity index (χ0v) is 8.17. The molecule has 0 aromatic heterocycles. The van der Waals surface area contributed by atoms with Gasteiger partial charge in [-0.3, -0.25) is 9.69 Å². The minimum atomic E-state index is -2.52. The Morgan fingerprint density at radius 1 is 1.43 bits per heavy atom. The Bertz CT molecular complexity index is 251. The molecule has 14 heavy (non-hydrogen) atoms. The third-order valence-electron chi connectivity index (χ3n) is 3.02. The Balaban J connectivity index is 1.81. The lowest BCUT2D eigenvalue weighted by molar-refractivity contribution is -0.136. The second-order valence-corrected chi connectivity index (χ2v) is 4.15. The van der Waals surface area contributed by atoms with Crippen LogP contribution < -0.4 is 0 Å². The summed E-state index contributed by atoms with van der Waals surface area (Å²) < 4.78 is 25.7. The van der Waals surface area contributed by atoms with Gasteiger partial charge in [0.2, 0.25) is 5.91 Å². The third-order valence-corrected chi connectivity index (χ3v) is 3.02. The molecule has 2 fully saturated rings. The maximum atomic E-state index is 12.8. The minimum absolute atomic E-state index is 0.0345. The molecule has 2 rings (SSSR count). The molecule has 0 bridgehead atoms. The van der Waals surface area contributed by atoms with Crippen molar-refractivity contribution in [1.82, 2.24) is 9.80 Å². The Morgan fingerprint density at radius 2 is 2.07 bits per heavy atom. The van der Waals surface area contributed by atoms with E-state index in [0.717, 1.165) is 0 Å². The number of rotatable bonds is 1. The van der Waals surface area contributed by atoms with Gasteiger partial charge in [-0.15, -0.1) is 0 Å². The first-order valence-corrected chi connectivity index (χ1v) is 4.85. The summed E-state index contributed by atoms with van der Waals surface area (Å²) in [5.41, 5.74) is 0. The van der Waals surface area contributed by atoms with Gasteiger partial charge in [-0.25, -0.2) is 8.78 Å². The molecule has 0 aliphatic carbocycles. The molecule has 0 atom stereocenters. The second kappa shape index (κ2) is 3.15. The first-order chi connectivity index (χ1) is 6.48. The Hall–Kier alpha value is -0.710. The summed E-state index contributed by atoms with van der Waals surface area (Å²) in [4.78, 5) is 14.3. The van der Waals surface area contributed by atoms with Crippen molar-refractivity contribution in [3.8, 4) is 0 Å². The van der Waals surface area contributed by atoms with Crippen molar-refractivity contribution in [2.75, 3.05) is 26.2 Å². The fourth-order valence-corrected chi connectivity index (χ4v) is 2.02. The van der Waals surface area contributed by atoms with Crippen LogP contribution in [0.3, 0.4) is 0 Å². The third kappa shape index (κ3) is 1.73. The molecule has 5 heteroatoms. The van der Waals surface area contributed by atoms with Gasteiger partial charge in [0, 0.05) is 39.0 Å². The molecule has 0 aromatic carbocycles. The normalized spacial score (nSPS) is 27.8. The van der Waals surface area contributed by atoms with Gasteiger partial charge < -0.3 is 4.90 Å². The number of carbonyl (C=O) groups excluding carboxylic acids is 1. The predicted octanol–water partition coefficient (Wildman–Crippen LogP) is 0.558. The molecule has 2 heterocycles. The quantitative estimate of drug-likeness (QED) is 0.623. The number of hydrogen-bond donors (Lipinski definition) is 0. The summed E-state index contributed by atoms with van der Waals surface area (Å²) in [5.74, 6) is -2.48. The number of carbonyl (C=O) groups is 1. The fourth-order valence-electron chi connectivity index (χ4n) is 2.02. The van der Waals surface area contributed by atoms with Gasteiger partial charge in [0.05, 0.1) is 6.54 Å². The topological polar surface area (TPSA) is 23.6 Å². The van der Waals surface area contributed by atoms with Gasteiger partial charge in [-0.1, -0.05) is 0 Å². The lowest BCUT2D eigenvalue weighted by Crippen LogP contribution is -2.60. The van der Waals surface area contributed by atoms with E-state index in [9.17, 15) is 13.6 Å². The standard InChI is InChI=1S/C9H14F2N2O/c1-7(14)13-4-8(5-13)12-3-2-9(10,11)6-12/h8H,2-6H2,1H3. The Labute approximate surface area is 81.7 Å². The summed E-state index contributed by atoms with van der Waals surface area (Å²) in [7, 11) is 0. The summed E-state index contributed by atoms with van der Waals surface area (Å²) in [6.07, 6.45) is -0.0381. The van der Waals surface area contributed by atoms with Gasteiger partial charge >= 0.3 is 0 Å². The maximum Gasteiger partial charge on any atom is 0.261 e. The van der Waals surface area contributed by atoms with Gasteiger partial charge in [-0.05, 0) is 0 Å². The Kier molecular flexibility index (Phi) is 2.21. The average Bonchev–Trinajstić information content (AvgIpc) is 2.26. The van der Waals surface area contributed by atoms with Crippen LogP contribution in [-0.4, -0.2) is 53.9 Å². The Morgan fingerprint density at radius 3 is 2.50 bits per heavy atom. The van der Waals surface area contributed by atoms with Crippen LogP contribution in [0.5, 0.6) is 0 Å². The van der Waals surface area contributed by atoms with Crippen LogP contribution in [0.4, 0.5) is 8.78 Å². The summed E-state index contributed by atoms with van der Waals surface area (Å²) in [6.45, 7) is 3.07. The van der Waals surface area contributed by atoms with E-state index in [0.29, 0.717) is 19.6 Å². The monoisotopic (exact) mass is 204 g/mol. The van der Waals surface area contributed by atoms with E-state index in [1.165, 1.54) is 6.92 Å². The number of likely N-dealkylation sites (tertiary alicyclic amines) is 2. The van der Waals surface area contributed by atoms with E-state index in [-0.39, 0.29) is 24.9 Å². The number of alkyl halides is 2. The van der Waals surface area contributed by atoms with Gasteiger partial charge in [0.25, 0.3) is 5.92 Å². The highest BCUT2D eigenvalue weighted by molar-refractivity contribution is 5.74. The number of hydrogen-bond acceptors (Lipinski definition) is 2. The van der Waals surface area contributed by atoms with Crippen LogP contribution in [-0.2, 0) is 4.79 Å². The molecular formula is C9H14F2N2O. The molecule has 0 N–H and O–H groups in total. The van der Waals surface area contributed by atoms with Gasteiger partial charge in [0.1, 0.15) is 0 Å². The van der Waals surface area contributed by atoms with Gasteiger partial charge in [-0.2, -0.15) is 0 Å². The highest BCUT2D eigenvalue weighted by atomic mass is 19.3. The smallest absolute Gasteiger partial charge is 0.261 e. The van der Waals surface area contributed by atoms with Crippen molar-refractivity contribution in [2.24, 2.45) is 0 Å². The fraction of sp³-hybridized carbons (Fsp3) is 0.889. The van der Waals surface area contributed by atoms with Crippen molar-refractivity contribution in [3.63, 3.8) is 0 Å². The largest absolute Gasteiger partial charge is 0.340 e. The molecule has 0 saturated carbocycles. The molecule has 0 unspecified atom stereocenters. The van der Waals surface area contributed by atoms with Crippen LogP contribution >= 0.6 is 0 Å². The van der Waals surface area contributed by atoms with Crippen molar-refractivity contribution < 1.29 is 13.6 Å².